The van der Waals surface area contributed by atoms with E-state index in [1.54, 1.807) is 19.1 Å². The van der Waals surface area contributed by atoms with Crippen LogP contribution in [-0.4, -0.2) is 44.3 Å². The first kappa shape index (κ1) is 30.0. The summed E-state index contributed by atoms with van der Waals surface area (Å²) in [6, 6.07) is 15.6. The molecule has 0 radical (unpaired) electrons. The standard InChI is InChI=1S/C33H38O8/c1-4-25(36)26(11-8-12-34)40-27-17-24(35)18-28-29(27)31(38)32(39)33(41-28)23-15-21(13-19(2)3)30(37)22(16-23)14-20-9-6-5-7-10-20/h5-7,9-10,15-19,25-26,34-37,39H,4,8,11-14H2,1-3H3/t25-,26-/m0/s1. The van der Waals surface area contributed by atoms with Gasteiger partial charge in [-0.25, -0.2) is 0 Å². The fourth-order valence-electron chi connectivity index (χ4n) is 5.03. The summed E-state index contributed by atoms with van der Waals surface area (Å²) in [6.45, 7) is 5.75. The van der Waals surface area contributed by atoms with E-state index in [2.05, 4.69) is 0 Å². The summed E-state index contributed by atoms with van der Waals surface area (Å²) in [6.07, 6.45) is 0.419. The van der Waals surface area contributed by atoms with Crippen LogP contribution in [-0.2, 0) is 12.8 Å². The Labute approximate surface area is 239 Å². The molecule has 8 nitrogen and oxygen atoms in total. The Hall–Kier alpha value is -4.01. The fraction of sp³-hybridized carbons (Fsp3) is 0.364. The predicted octanol–water partition coefficient (Wildman–Crippen LogP) is 5.66. The van der Waals surface area contributed by atoms with Crippen LogP contribution in [0.5, 0.6) is 23.0 Å². The van der Waals surface area contributed by atoms with E-state index in [9.17, 15) is 30.3 Å². The van der Waals surface area contributed by atoms with Gasteiger partial charge in [0, 0.05) is 30.7 Å². The van der Waals surface area contributed by atoms with Crippen LogP contribution in [0.25, 0.3) is 22.3 Å². The number of phenols is 2. The quantitative estimate of drug-likeness (QED) is 0.149. The Morgan fingerprint density at radius 1 is 0.951 bits per heavy atom. The first-order valence-corrected chi connectivity index (χ1v) is 14.0. The van der Waals surface area contributed by atoms with Gasteiger partial charge in [0.15, 0.2) is 5.76 Å². The van der Waals surface area contributed by atoms with Crippen molar-refractivity contribution in [3.05, 3.63) is 81.5 Å². The van der Waals surface area contributed by atoms with Crippen LogP contribution in [0.1, 0.15) is 56.7 Å². The van der Waals surface area contributed by atoms with Crippen molar-refractivity contribution in [2.45, 2.75) is 65.1 Å². The molecule has 3 aromatic carbocycles. The third-order valence-corrected chi connectivity index (χ3v) is 7.09. The van der Waals surface area contributed by atoms with Gasteiger partial charge in [0.2, 0.25) is 11.2 Å². The van der Waals surface area contributed by atoms with Gasteiger partial charge >= 0.3 is 0 Å². The highest BCUT2D eigenvalue weighted by atomic mass is 16.5. The van der Waals surface area contributed by atoms with Gasteiger partial charge in [-0.2, -0.15) is 0 Å². The van der Waals surface area contributed by atoms with Crippen molar-refractivity contribution in [2.75, 3.05) is 6.61 Å². The molecule has 0 aliphatic rings. The first-order chi connectivity index (χ1) is 19.6. The van der Waals surface area contributed by atoms with Crippen molar-refractivity contribution in [1.29, 1.82) is 0 Å². The van der Waals surface area contributed by atoms with E-state index in [1.807, 2.05) is 44.2 Å². The Morgan fingerprint density at radius 2 is 1.66 bits per heavy atom. The van der Waals surface area contributed by atoms with E-state index >= 15 is 0 Å². The molecule has 2 atom stereocenters. The highest BCUT2D eigenvalue weighted by Gasteiger charge is 2.25. The molecule has 0 unspecified atom stereocenters. The SMILES string of the molecule is CC[C@H](O)[C@H](CCCO)Oc1cc(O)cc2oc(-c3cc(Cc4ccccc4)c(O)c(CC(C)C)c3)c(O)c(=O)c12. The summed E-state index contributed by atoms with van der Waals surface area (Å²) < 4.78 is 12.0. The molecule has 0 saturated carbocycles. The van der Waals surface area contributed by atoms with Gasteiger partial charge in [-0.05, 0) is 60.4 Å². The zero-order chi connectivity index (χ0) is 29.7. The lowest BCUT2D eigenvalue weighted by Crippen LogP contribution is -2.31. The second-order valence-corrected chi connectivity index (χ2v) is 10.8. The van der Waals surface area contributed by atoms with Gasteiger partial charge in [-0.15, -0.1) is 0 Å². The Balaban J connectivity index is 1.87. The number of benzene rings is 3. The second kappa shape index (κ2) is 13.1. The van der Waals surface area contributed by atoms with Crippen LogP contribution in [0.3, 0.4) is 0 Å². The minimum atomic E-state index is -0.877. The molecule has 1 aromatic heterocycles. The molecule has 8 heteroatoms. The third-order valence-electron chi connectivity index (χ3n) is 7.09. The maximum absolute atomic E-state index is 13.6. The predicted molar refractivity (Wildman–Crippen MR) is 158 cm³/mol. The van der Waals surface area contributed by atoms with E-state index < -0.39 is 23.4 Å². The number of rotatable bonds is 12. The number of aliphatic hydroxyl groups excluding tert-OH is 2. The summed E-state index contributed by atoms with van der Waals surface area (Å²) in [4.78, 5) is 13.6. The van der Waals surface area contributed by atoms with Gasteiger partial charge in [0.25, 0.3) is 0 Å². The Morgan fingerprint density at radius 3 is 2.32 bits per heavy atom. The van der Waals surface area contributed by atoms with Crippen LogP contribution in [0.15, 0.2) is 63.8 Å². The average Bonchev–Trinajstić information content (AvgIpc) is 2.94. The van der Waals surface area contributed by atoms with E-state index in [4.69, 9.17) is 9.15 Å². The van der Waals surface area contributed by atoms with Crippen molar-refractivity contribution >= 4 is 11.0 Å². The van der Waals surface area contributed by atoms with Crippen molar-refractivity contribution < 1.29 is 34.7 Å². The summed E-state index contributed by atoms with van der Waals surface area (Å²) in [5.74, 6) is -0.610. The minimum absolute atomic E-state index is 0.00668. The molecule has 4 aromatic rings. The lowest BCUT2D eigenvalue weighted by atomic mass is 9.93. The van der Waals surface area contributed by atoms with Crippen LogP contribution in [0.2, 0.25) is 0 Å². The molecule has 0 bridgehead atoms. The molecule has 0 amide bonds. The maximum atomic E-state index is 13.6. The number of ether oxygens (including phenoxy) is 1. The molecule has 0 saturated heterocycles. The first-order valence-electron chi connectivity index (χ1n) is 14.0. The molecule has 1 heterocycles. The van der Waals surface area contributed by atoms with Crippen LogP contribution in [0.4, 0.5) is 0 Å². The molecule has 0 aliphatic heterocycles. The largest absolute Gasteiger partial charge is 0.508 e. The minimum Gasteiger partial charge on any atom is -0.508 e. The summed E-state index contributed by atoms with van der Waals surface area (Å²) in [5.41, 5.74) is 1.90. The molecule has 0 fully saturated rings. The zero-order valence-corrected chi connectivity index (χ0v) is 23.6. The molecule has 218 valence electrons. The molecule has 0 spiro atoms. The van der Waals surface area contributed by atoms with E-state index in [0.29, 0.717) is 48.8 Å². The van der Waals surface area contributed by atoms with E-state index in [0.717, 1.165) is 5.56 Å². The lowest BCUT2D eigenvalue weighted by Gasteiger charge is -2.24. The molecular weight excluding hydrogens is 524 g/mol. The summed E-state index contributed by atoms with van der Waals surface area (Å²) in [5, 5.41) is 52.4. The average molecular weight is 563 g/mol. The number of hydrogen-bond donors (Lipinski definition) is 5. The van der Waals surface area contributed by atoms with Crippen molar-refractivity contribution in [1.82, 2.24) is 0 Å². The molecule has 0 aliphatic carbocycles. The van der Waals surface area contributed by atoms with Crippen molar-refractivity contribution in [2.24, 2.45) is 5.92 Å². The van der Waals surface area contributed by atoms with Crippen LogP contribution >= 0.6 is 0 Å². The molecule has 5 N–H and O–H groups in total. The smallest absolute Gasteiger partial charge is 0.238 e. The van der Waals surface area contributed by atoms with E-state index in [1.165, 1.54) is 12.1 Å². The fourth-order valence-corrected chi connectivity index (χ4v) is 5.03. The third kappa shape index (κ3) is 6.84. The van der Waals surface area contributed by atoms with Gasteiger partial charge in [-0.3, -0.25) is 4.79 Å². The highest BCUT2D eigenvalue weighted by Crippen LogP contribution is 2.39. The van der Waals surface area contributed by atoms with Crippen molar-refractivity contribution in [3.8, 4) is 34.3 Å². The monoisotopic (exact) mass is 562 g/mol. The highest BCUT2D eigenvalue weighted by molar-refractivity contribution is 5.88. The van der Waals surface area contributed by atoms with Gasteiger partial charge in [0.05, 0.1) is 6.10 Å². The number of phenolic OH excluding ortho intramolecular Hbond substituents is 2. The van der Waals surface area contributed by atoms with E-state index in [-0.39, 0.29) is 46.5 Å². The second-order valence-electron chi connectivity index (χ2n) is 10.8. The van der Waals surface area contributed by atoms with Crippen LogP contribution in [0, 0.1) is 5.92 Å². The van der Waals surface area contributed by atoms with Gasteiger partial charge in [0.1, 0.15) is 34.3 Å². The zero-order valence-electron chi connectivity index (χ0n) is 23.6. The lowest BCUT2D eigenvalue weighted by molar-refractivity contribution is 0.0262. The summed E-state index contributed by atoms with van der Waals surface area (Å²) in [7, 11) is 0. The maximum Gasteiger partial charge on any atom is 0.238 e. The van der Waals surface area contributed by atoms with Crippen LogP contribution < -0.4 is 10.2 Å². The topological polar surface area (TPSA) is 141 Å². The molecular formula is C33H38O8. The number of aliphatic hydroxyl groups is 2. The normalized spacial score (nSPS) is 13.0. The molecule has 41 heavy (non-hydrogen) atoms. The summed E-state index contributed by atoms with van der Waals surface area (Å²) >= 11 is 0. The van der Waals surface area contributed by atoms with Gasteiger partial charge in [-0.1, -0.05) is 51.1 Å². The number of aromatic hydroxyl groups is 3. The molecule has 4 rings (SSSR count). The van der Waals surface area contributed by atoms with Crippen molar-refractivity contribution in [3.63, 3.8) is 0 Å². The Kier molecular flexibility index (Phi) is 9.57. The Bertz CT molecular complexity index is 1540. The number of hydrogen-bond acceptors (Lipinski definition) is 8. The van der Waals surface area contributed by atoms with Gasteiger partial charge < -0.3 is 34.7 Å². The number of fused-ring (bicyclic) bond motifs is 1.